The molecule has 1 saturated heterocycles. The molecule has 0 spiro atoms. The Morgan fingerprint density at radius 2 is 2.17 bits per heavy atom. The third kappa shape index (κ3) is 2.71. The van der Waals surface area contributed by atoms with Crippen molar-refractivity contribution in [3.63, 3.8) is 0 Å². The minimum absolute atomic E-state index is 0.00851. The summed E-state index contributed by atoms with van der Waals surface area (Å²) in [7, 11) is 0. The van der Waals surface area contributed by atoms with Crippen LogP contribution < -0.4 is 0 Å². The molecule has 2 unspecified atom stereocenters. The van der Waals surface area contributed by atoms with E-state index in [1.807, 2.05) is 29.2 Å². The molecule has 0 bridgehead atoms. The van der Waals surface area contributed by atoms with Crippen LogP contribution in [-0.4, -0.2) is 28.5 Å². The molecule has 0 saturated carbocycles. The number of nitrogens with zero attached hydrogens (tertiary/aromatic N) is 1. The van der Waals surface area contributed by atoms with Gasteiger partial charge in [-0.3, -0.25) is 4.79 Å². The molecule has 1 aliphatic heterocycles. The van der Waals surface area contributed by atoms with Gasteiger partial charge in [0.15, 0.2) is 5.76 Å². The molecule has 3 heterocycles. The summed E-state index contributed by atoms with van der Waals surface area (Å²) in [6.45, 7) is 0.686. The SMILES string of the molecule is O=C(c1cc2ccccc2o1)N1CCCC1CC(O)c1ccco1. The molecule has 0 aliphatic carbocycles. The topological polar surface area (TPSA) is 66.8 Å². The standard InChI is InChI=1S/C19H19NO4/c21-15(17-8-4-10-23-17)12-14-6-3-9-20(14)19(22)18-11-13-5-1-2-7-16(13)24-18/h1-2,4-5,7-8,10-11,14-15,21H,3,6,9,12H2. The Bertz CT molecular complexity index is 803. The van der Waals surface area contributed by atoms with Crippen LogP contribution in [0, 0.1) is 0 Å². The van der Waals surface area contributed by atoms with Gasteiger partial charge in [0.05, 0.1) is 6.26 Å². The molecular weight excluding hydrogens is 306 g/mol. The molecule has 2 aromatic heterocycles. The van der Waals surface area contributed by atoms with Gasteiger partial charge in [-0.1, -0.05) is 18.2 Å². The molecule has 1 fully saturated rings. The van der Waals surface area contributed by atoms with Gasteiger partial charge in [0.1, 0.15) is 17.4 Å². The van der Waals surface area contributed by atoms with Gasteiger partial charge in [0.25, 0.3) is 5.91 Å². The second-order valence-electron chi connectivity index (χ2n) is 6.21. The Morgan fingerprint density at radius 3 is 2.96 bits per heavy atom. The number of hydrogen-bond acceptors (Lipinski definition) is 4. The van der Waals surface area contributed by atoms with E-state index in [0.717, 1.165) is 18.2 Å². The Morgan fingerprint density at radius 1 is 1.29 bits per heavy atom. The lowest BCUT2D eigenvalue weighted by Gasteiger charge is -2.25. The van der Waals surface area contributed by atoms with Crippen LogP contribution in [0.1, 0.15) is 41.7 Å². The first-order valence-electron chi connectivity index (χ1n) is 8.23. The number of carbonyl (C=O) groups excluding carboxylic acids is 1. The average molecular weight is 325 g/mol. The zero-order valence-electron chi connectivity index (χ0n) is 13.2. The highest BCUT2D eigenvalue weighted by atomic mass is 16.4. The Labute approximate surface area is 139 Å². The molecule has 24 heavy (non-hydrogen) atoms. The molecule has 124 valence electrons. The van der Waals surface area contributed by atoms with E-state index in [9.17, 15) is 9.90 Å². The van der Waals surface area contributed by atoms with Gasteiger partial charge in [-0.2, -0.15) is 0 Å². The number of hydrogen-bond donors (Lipinski definition) is 1. The number of carbonyl (C=O) groups is 1. The molecule has 4 rings (SSSR count). The Kier molecular flexibility index (Phi) is 3.86. The van der Waals surface area contributed by atoms with Gasteiger partial charge >= 0.3 is 0 Å². The van der Waals surface area contributed by atoms with E-state index in [2.05, 4.69) is 0 Å². The van der Waals surface area contributed by atoms with Crippen molar-refractivity contribution in [1.29, 1.82) is 0 Å². The Hall–Kier alpha value is -2.53. The number of rotatable bonds is 4. The number of aliphatic hydroxyl groups is 1. The molecular formula is C19H19NO4. The van der Waals surface area contributed by atoms with Crippen LogP contribution in [0.5, 0.6) is 0 Å². The quantitative estimate of drug-likeness (QED) is 0.793. The monoisotopic (exact) mass is 325 g/mol. The van der Waals surface area contributed by atoms with Gasteiger partial charge in [0, 0.05) is 24.4 Å². The molecule has 2 atom stereocenters. The first kappa shape index (κ1) is 15.0. The molecule has 1 amide bonds. The first-order valence-corrected chi connectivity index (χ1v) is 8.23. The average Bonchev–Trinajstić information content (AvgIpc) is 3.33. The van der Waals surface area contributed by atoms with E-state index in [1.165, 1.54) is 0 Å². The highest BCUT2D eigenvalue weighted by Crippen LogP contribution is 2.30. The van der Waals surface area contributed by atoms with Crippen molar-refractivity contribution in [2.45, 2.75) is 31.4 Å². The third-order valence-corrected chi connectivity index (χ3v) is 4.64. The van der Waals surface area contributed by atoms with E-state index in [0.29, 0.717) is 30.1 Å². The van der Waals surface area contributed by atoms with Gasteiger partial charge in [-0.15, -0.1) is 0 Å². The number of furan rings is 2. The maximum absolute atomic E-state index is 12.8. The van der Waals surface area contributed by atoms with E-state index in [-0.39, 0.29) is 11.9 Å². The van der Waals surface area contributed by atoms with Gasteiger partial charge < -0.3 is 18.8 Å². The molecule has 1 aliphatic rings. The lowest BCUT2D eigenvalue weighted by molar-refractivity contribution is 0.0615. The van der Waals surface area contributed by atoms with E-state index >= 15 is 0 Å². The smallest absolute Gasteiger partial charge is 0.289 e. The summed E-state index contributed by atoms with van der Waals surface area (Å²) in [5.41, 5.74) is 0.715. The zero-order valence-corrected chi connectivity index (χ0v) is 13.2. The number of fused-ring (bicyclic) bond motifs is 1. The number of likely N-dealkylation sites (tertiary alicyclic amines) is 1. The summed E-state index contributed by atoms with van der Waals surface area (Å²) in [4.78, 5) is 14.6. The van der Waals surface area contributed by atoms with Crippen LogP contribution in [0.15, 0.2) is 57.6 Å². The van der Waals surface area contributed by atoms with Crippen molar-refractivity contribution in [3.8, 4) is 0 Å². The molecule has 1 N–H and O–H groups in total. The summed E-state index contributed by atoms with van der Waals surface area (Å²) in [6, 6.07) is 12.9. The summed E-state index contributed by atoms with van der Waals surface area (Å²) >= 11 is 0. The third-order valence-electron chi connectivity index (χ3n) is 4.64. The predicted molar refractivity (Wildman–Crippen MR) is 88.6 cm³/mol. The maximum Gasteiger partial charge on any atom is 0.289 e. The van der Waals surface area contributed by atoms with Gasteiger partial charge in [0.2, 0.25) is 0 Å². The van der Waals surface area contributed by atoms with Gasteiger partial charge in [-0.05, 0) is 37.1 Å². The van der Waals surface area contributed by atoms with Crippen molar-refractivity contribution >= 4 is 16.9 Å². The number of amides is 1. The van der Waals surface area contributed by atoms with Crippen LogP contribution in [0.3, 0.4) is 0 Å². The van der Waals surface area contributed by atoms with Crippen molar-refractivity contribution in [1.82, 2.24) is 4.90 Å². The fourth-order valence-corrected chi connectivity index (χ4v) is 3.43. The van der Waals surface area contributed by atoms with Gasteiger partial charge in [-0.25, -0.2) is 0 Å². The van der Waals surface area contributed by atoms with Crippen LogP contribution >= 0.6 is 0 Å². The van der Waals surface area contributed by atoms with Crippen LogP contribution in [0.25, 0.3) is 11.0 Å². The summed E-state index contributed by atoms with van der Waals surface area (Å²) < 4.78 is 10.9. The van der Waals surface area contributed by atoms with Crippen LogP contribution in [0.4, 0.5) is 0 Å². The van der Waals surface area contributed by atoms with E-state index < -0.39 is 6.10 Å². The highest BCUT2D eigenvalue weighted by Gasteiger charge is 2.33. The summed E-state index contributed by atoms with van der Waals surface area (Å²) in [5, 5.41) is 11.2. The van der Waals surface area contributed by atoms with E-state index in [4.69, 9.17) is 8.83 Å². The molecule has 5 nitrogen and oxygen atoms in total. The first-order chi connectivity index (χ1) is 11.7. The molecule has 0 radical (unpaired) electrons. The second-order valence-corrected chi connectivity index (χ2v) is 6.21. The Balaban J connectivity index is 1.52. The minimum atomic E-state index is -0.700. The van der Waals surface area contributed by atoms with Crippen molar-refractivity contribution in [2.24, 2.45) is 0 Å². The highest BCUT2D eigenvalue weighted by molar-refractivity contribution is 5.96. The van der Waals surface area contributed by atoms with Crippen molar-refractivity contribution in [2.75, 3.05) is 6.54 Å². The number of benzene rings is 1. The molecule has 1 aromatic carbocycles. The normalized spacial score (nSPS) is 19.0. The fraction of sp³-hybridized carbons (Fsp3) is 0.316. The minimum Gasteiger partial charge on any atom is -0.467 e. The zero-order chi connectivity index (χ0) is 16.5. The van der Waals surface area contributed by atoms with E-state index in [1.54, 1.807) is 24.5 Å². The van der Waals surface area contributed by atoms with Crippen molar-refractivity contribution < 1.29 is 18.7 Å². The number of aliphatic hydroxyl groups excluding tert-OH is 1. The number of para-hydroxylation sites is 1. The predicted octanol–water partition coefficient (Wildman–Crippen LogP) is 3.75. The maximum atomic E-state index is 12.8. The second kappa shape index (κ2) is 6.17. The lowest BCUT2D eigenvalue weighted by Crippen LogP contribution is -2.36. The molecule has 5 heteroatoms. The largest absolute Gasteiger partial charge is 0.467 e. The summed E-state index contributed by atoms with van der Waals surface area (Å²) in [6.07, 6.45) is 3.13. The lowest BCUT2D eigenvalue weighted by atomic mass is 10.0. The molecule has 3 aromatic rings. The van der Waals surface area contributed by atoms with Crippen molar-refractivity contribution in [3.05, 3.63) is 60.2 Å². The van der Waals surface area contributed by atoms with Crippen LogP contribution in [0.2, 0.25) is 0 Å². The van der Waals surface area contributed by atoms with Crippen LogP contribution in [-0.2, 0) is 0 Å². The summed E-state index contributed by atoms with van der Waals surface area (Å²) in [5.74, 6) is 0.786. The fourth-order valence-electron chi connectivity index (χ4n) is 3.43.